The number of carbonyl (C=O) groups is 2. The zero-order valence-corrected chi connectivity index (χ0v) is 21.6. The van der Waals surface area contributed by atoms with Gasteiger partial charge in [0.2, 0.25) is 5.88 Å². The van der Waals surface area contributed by atoms with Crippen LogP contribution in [0.4, 0.5) is 4.79 Å². The molecule has 0 spiro atoms. The van der Waals surface area contributed by atoms with Gasteiger partial charge in [0, 0.05) is 18.0 Å². The van der Waals surface area contributed by atoms with Crippen LogP contribution in [0.3, 0.4) is 0 Å². The molecule has 186 valence electrons. The van der Waals surface area contributed by atoms with E-state index < -0.39 is 5.60 Å². The third kappa shape index (κ3) is 5.45. The maximum absolute atomic E-state index is 12.4. The molecule has 2 aromatic heterocycles. The first-order valence-electron chi connectivity index (χ1n) is 12.2. The Morgan fingerprint density at radius 2 is 1.88 bits per heavy atom. The summed E-state index contributed by atoms with van der Waals surface area (Å²) in [5.41, 5.74) is 0.665. The lowest BCUT2D eigenvalue weighted by Crippen LogP contribution is -2.43. The fourth-order valence-electron chi connectivity index (χ4n) is 4.95. The maximum atomic E-state index is 12.4. The monoisotopic (exact) mass is 489 g/mol. The number of carbonyl (C=O) groups excluding carboxylic acids is 2. The standard InChI is InChI=1S/C25H35N3O5S/c1-6-31-19(29)13-15-7-12-18-20(15)21-22(26-14-27-23(21)34-18)32-17-10-8-16(9-11-17)28(5)24(30)33-25(2,3)4/h14-17H,6-13H2,1-5H3/t15?,16-,17-. The molecule has 1 atom stereocenters. The predicted octanol–water partition coefficient (Wildman–Crippen LogP) is 5.23. The minimum Gasteiger partial charge on any atom is -0.474 e. The van der Waals surface area contributed by atoms with Gasteiger partial charge in [-0.1, -0.05) is 0 Å². The van der Waals surface area contributed by atoms with E-state index >= 15 is 0 Å². The molecular formula is C25H35N3O5S. The van der Waals surface area contributed by atoms with Crippen molar-refractivity contribution in [1.82, 2.24) is 14.9 Å². The number of hydrogen-bond acceptors (Lipinski definition) is 8. The van der Waals surface area contributed by atoms with Crippen molar-refractivity contribution in [2.24, 2.45) is 0 Å². The summed E-state index contributed by atoms with van der Waals surface area (Å²) in [6, 6.07) is 0.138. The highest BCUT2D eigenvalue weighted by Crippen LogP contribution is 2.47. The lowest BCUT2D eigenvalue weighted by atomic mass is 9.92. The Balaban J connectivity index is 1.44. The Morgan fingerprint density at radius 1 is 1.15 bits per heavy atom. The largest absolute Gasteiger partial charge is 0.474 e. The van der Waals surface area contributed by atoms with E-state index in [2.05, 4.69) is 9.97 Å². The second-order valence-electron chi connectivity index (χ2n) is 10.2. The minimum atomic E-state index is -0.504. The number of amides is 1. The van der Waals surface area contributed by atoms with Crippen molar-refractivity contribution >= 4 is 33.6 Å². The van der Waals surface area contributed by atoms with Gasteiger partial charge in [-0.3, -0.25) is 4.79 Å². The topological polar surface area (TPSA) is 90.9 Å². The van der Waals surface area contributed by atoms with E-state index in [1.54, 1.807) is 22.6 Å². The van der Waals surface area contributed by atoms with E-state index in [-0.39, 0.29) is 30.1 Å². The summed E-state index contributed by atoms with van der Waals surface area (Å²) >= 11 is 1.68. The lowest BCUT2D eigenvalue weighted by molar-refractivity contribution is -0.143. The molecule has 34 heavy (non-hydrogen) atoms. The fraction of sp³-hybridized carbons (Fsp3) is 0.680. The summed E-state index contributed by atoms with van der Waals surface area (Å²) in [5.74, 6) is 0.572. The van der Waals surface area contributed by atoms with Crippen molar-refractivity contribution in [3.63, 3.8) is 0 Å². The highest BCUT2D eigenvalue weighted by Gasteiger charge is 2.34. The average Bonchev–Trinajstić information content (AvgIpc) is 3.33. The number of aromatic nitrogens is 2. The first-order valence-corrected chi connectivity index (χ1v) is 13.0. The molecule has 1 saturated carbocycles. The van der Waals surface area contributed by atoms with Crippen LogP contribution >= 0.6 is 11.3 Å². The number of aryl methyl sites for hydroxylation is 1. The first-order chi connectivity index (χ1) is 16.2. The van der Waals surface area contributed by atoms with Crippen LogP contribution in [-0.4, -0.2) is 58.3 Å². The molecule has 0 aliphatic heterocycles. The number of thiophene rings is 1. The van der Waals surface area contributed by atoms with Gasteiger partial charge in [-0.15, -0.1) is 11.3 Å². The van der Waals surface area contributed by atoms with Gasteiger partial charge in [-0.2, -0.15) is 0 Å². The molecule has 0 bridgehead atoms. The average molecular weight is 490 g/mol. The van der Waals surface area contributed by atoms with Crippen LogP contribution in [0.1, 0.15) is 82.6 Å². The number of hydrogen-bond donors (Lipinski definition) is 0. The molecule has 2 aliphatic rings. The number of rotatable bonds is 6. The van der Waals surface area contributed by atoms with Crippen LogP contribution in [0.25, 0.3) is 10.2 Å². The lowest BCUT2D eigenvalue weighted by Gasteiger charge is -2.35. The zero-order valence-electron chi connectivity index (χ0n) is 20.8. The van der Waals surface area contributed by atoms with Gasteiger partial charge < -0.3 is 19.1 Å². The summed E-state index contributed by atoms with van der Waals surface area (Å²) in [7, 11) is 1.81. The number of fused-ring (bicyclic) bond motifs is 3. The number of ether oxygens (including phenoxy) is 3. The highest BCUT2D eigenvalue weighted by molar-refractivity contribution is 7.19. The van der Waals surface area contributed by atoms with Crippen molar-refractivity contribution in [2.45, 2.75) is 96.3 Å². The van der Waals surface area contributed by atoms with Gasteiger partial charge in [0.25, 0.3) is 0 Å². The summed E-state index contributed by atoms with van der Waals surface area (Å²) in [6.45, 7) is 7.86. The summed E-state index contributed by atoms with van der Waals surface area (Å²) < 4.78 is 17.1. The smallest absolute Gasteiger partial charge is 0.410 e. The Hall–Kier alpha value is -2.42. The van der Waals surface area contributed by atoms with Crippen LogP contribution in [0, 0.1) is 0 Å². The molecule has 0 aromatic carbocycles. The van der Waals surface area contributed by atoms with Crippen LogP contribution in [0.15, 0.2) is 6.33 Å². The molecule has 8 nitrogen and oxygen atoms in total. The Bertz CT molecular complexity index is 1040. The minimum absolute atomic E-state index is 0.0295. The Kier molecular flexibility index (Phi) is 7.31. The Morgan fingerprint density at radius 3 is 2.56 bits per heavy atom. The van der Waals surface area contributed by atoms with E-state index in [0.29, 0.717) is 18.9 Å². The van der Waals surface area contributed by atoms with Crippen LogP contribution < -0.4 is 4.74 Å². The molecule has 2 aromatic rings. The van der Waals surface area contributed by atoms with Crippen molar-refractivity contribution in [2.75, 3.05) is 13.7 Å². The molecule has 1 unspecified atom stereocenters. The molecule has 2 aliphatic carbocycles. The van der Waals surface area contributed by atoms with Gasteiger partial charge in [0.05, 0.1) is 18.4 Å². The van der Waals surface area contributed by atoms with E-state index in [1.807, 2.05) is 34.7 Å². The molecule has 4 rings (SSSR count). The molecule has 2 heterocycles. The van der Waals surface area contributed by atoms with Gasteiger partial charge in [-0.25, -0.2) is 14.8 Å². The quantitative estimate of drug-likeness (QED) is 0.513. The normalized spacial score (nSPS) is 22.3. The van der Waals surface area contributed by atoms with Gasteiger partial charge >= 0.3 is 12.1 Å². The zero-order chi connectivity index (χ0) is 24.5. The Labute approximate surface area is 205 Å². The van der Waals surface area contributed by atoms with Crippen LogP contribution in [-0.2, 0) is 20.7 Å². The van der Waals surface area contributed by atoms with Crippen molar-refractivity contribution < 1.29 is 23.8 Å². The third-order valence-electron chi connectivity index (χ3n) is 6.57. The summed E-state index contributed by atoms with van der Waals surface area (Å²) in [5, 5.41) is 0.960. The van der Waals surface area contributed by atoms with Gasteiger partial charge in [0.15, 0.2) is 0 Å². The molecule has 9 heteroatoms. The third-order valence-corrected chi connectivity index (χ3v) is 7.74. The summed E-state index contributed by atoms with van der Waals surface area (Å²) in [4.78, 5) is 37.5. The predicted molar refractivity (Wildman–Crippen MR) is 130 cm³/mol. The van der Waals surface area contributed by atoms with Crippen molar-refractivity contribution in [1.29, 1.82) is 0 Å². The first kappa shape index (κ1) is 24.7. The van der Waals surface area contributed by atoms with E-state index in [4.69, 9.17) is 14.2 Å². The van der Waals surface area contributed by atoms with Crippen molar-refractivity contribution in [3.8, 4) is 5.88 Å². The fourth-order valence-corrected chi connectivity index (χ4v) is 6.18. The molecule has 0 radical (unpaired) electrons. The number of esters is 1. The van der Waals surface area contributed by atoms with Crippen LogP contribution in [0.2, 0.25) is 0 Å². The molecule has 0 saturated heterocycles. The van der Waals surface area contributed by atoms with E-state index in [1.165, 1.54) is 10.4 Å². The van der Waals surface area contributed by atoms with Crippen LogP contribution in [0.5, 0.6) is 5.88 Å². The highest BCUT2D eigenvalue weighted by atomic mass is 32.1. The molecular weight excluding hydrogens is 454 g/mol. The molecule has 0 N–H and O–H groups in total. The second-order valence-corrected chi connectivity index (χ2v) is 11.3. The number of nitrogens with zero attached hydrogens (tertiary/aromatic N) is 3. The van der Waals surface area contributed by atoms with E-state index in [0.717, 1.165) is 48.7 Å². The molecule has 1 fully saturated rings. The van der Waals surface area contributed by atoms with Gasteiger partial charge in [-0.05, 0) is 77.7 Å². The van der Waals surface area contributed by atoms with Crippen molar-refractivity contribution in [3.05, 3.63) is 16.8 Å². The second kappa shape index (κ2) is 10.1. The van der Waals surface area contributed by atoms with E-state index in [9.17, 15) is 9.59 Å². The SMILES string of the molecule is CCOC(=O)CC1CCc2sc3ncnc(O[C@H]4CC[C@H](N(C)C(=O)OC(C)(C)C)CC4)c3c21. The van der Waals surface area contributed by atoms with Gasteiger partial charge in [0.1, 0.15) is 22.9 Å². The maximum Gasteiger partial charge on any atom is 0.410 e. The molecule has 1 amide bonds. The summed E-state index contributed by atoms with van der Waals surface area (Å²) in [6.07, 6.45) is 6.94.